The molecule has 2 N–H and O–H groups in total. The van der Waals surface area contributed by atoms with Gasteiger partial charge in [-0.2, -0.15) is 0 Å². The van der Waals surface area contributed by atoms with Gasteiger partial charge in [0, 0.05) is 11.3 Å². The van der Waals surface area contributed by atoms with Gasteiger partial charge in [0.25, 0.3) is 0 Å². The number of aromatic amines is 1. The van der Waals surface area contributed by atoms with Crippen molar-refractivity contribution in [3.8, 4) is 0 Å². The molecule has 7 nitrogen and oxygen atoms in total. The van der Waals surface area contributed by atoms with Gasteiger partial charge in [0.2, 0.25) is 11.7 Å². The van der Waals surface area contributed by atoms with Crippen LogP contribution in [0.2, 0.25) is 0 Å². The monoisotopic (exact) mass is 426 g/mol. The molecule has 0 saturated carbocycles. The summed E-state index contributed by atoms with van der Waals surface area (Å²) in [4.78, 5) is 52.7. The number of hydrogen-bond donors (Lipinski definition) is 2. The smallest absolute Gasteiger partial charge is 0.329 e. The predicted molar refractivity (Wildman–Crippen MR) is 117 cm³/mol. The van der Waals surface area contributed by atoms with E-state index < -0.39 is 23.9 Å². The van der Waals surface area contributed by atoms with Gasteiger partial charge < -0.3 is 15.0 Å². The highest BCUT2D eigenvalue weighted by Gasteiger charge is 2.31. The average Bonchev–Trinajstić information content (AvgIpc) is 2.99. The number of rotatable bonds is 9. The summed E-state index contributed by atoms with van der Waals surface area (Å²) in [6.45, 7) is 9.90. The van der Waals surface area contributed by atoms with E-state index >= 15 is 0 Å². The number of esters is 1. The Labute approximate surface area is 182 Å². The van der Waals surface area contributed by atoms with Crippen molar-refractivity contribution in [2.24, 2.45) is 5.92 Å². The Morgan fingerprint density at radius 2 is 1.65 bits per heavy atom. The minimum absolute atomic E-state index is 0.139. The molecule has 2 aromatic rings. The average molecular weight is 427 g/mol. The van der Waals surface area contributed by atoms with E-state index in [0.717, 1.165) is 5.56 Å². The van der Waals surface area contributed by atoms with Crippen LogP contribution in [-0.2, 0) is 20.7 Å². The van der Waals surface area contributed by atoms with Gasteiger partial charge >= 0.3 is 5.97 Å². The molecule has 2 atom stereocenters. The molecule has 166 valence electrons. The Hall–Kier alpha value is -3.22. The minimum Gasteiger partial charge on any atom is -0.453 e. The fourth-order valence-corrected chi connectivity index (χ4v) is 3.53. The second-order valence-corrected chi connectivity index (χ2v) is 8.08. The highest BCUT2D eigenvalue weighted by atomic mass is 16.5. The number of ketones is 2. The maximum absolute atomic E-state index is 12.8. The zero-order valence-corrected chi connectivity index (χ0v) is 18.9. The number of nitrogens with one attached hydrogen (secondary N) is 2. The lowest BCUT2D eigenvalue weighted by Gasteiger charge is -2.23. The van der Waals surface area contributed by atoms with Crippen LogP contribution in [0, 0.1) is 19.8 Å². The largest absolute Gasteiger partial charge is 0.453 e. The van der Waals surface area contributed by atoms with Crippen LogP contribution in [0.5, 0.6) is 0 Å². The summed E-state index contributed by atoms with van der Waals surface area (Å²) in [5, 5.41) is 2.71. The number of Topliss-reactive ketones (excluding diaryl/α,β-unsaturated/α-hetero) is 2. The van der Waals surface area contributed by atoms with E-state index in [4.69, 9.17) is 4.74 Å². The zero-order chi connectivity index (χ0) is 23.3. The van der Waals surface area contributed by atoms with Crippen LogP contribution < -0.4 is 5.32 Å². The molecule has 2 rings (SSSR count). The molecule has 1 heterocycles. The molecule has 0 fully saturated rings. The summed E-state index contributed by atoms with van der Waals surface area (Å²) in [6, 6.07) is 8.32. The van der Waals surface area contributed by atoms with Crippen LogP contribution in [0.4, 0.5) is 0 Å². The van der Waals surface area contributed by atoms with Gasteiger partial charge in [-0.3, -0.25) is 14.4 Å². The summed E-state index contributed by atoms with van der Waals surface area (Å²) < 4.78 is 5.40. The van der Waals surface area contributed by atoms with E-state index in [2.05, 4.69) is 10.3 Å². The van der Waals surface area contributed by atoms with E-state index in [-0.39, 0.29) is 29.7 Å². The van der Waals surface area contributed by atoms with Crippen LogP contribution in [0.1, 0.15) is 65.4 Å². The van der Waals surface area contributed by atoms with E-state index in [0.29, 0.717) is 16.8 Å². The van der Waals surface area contributed by atoms with Crippen molar-refractivity contribution in [2.45, 2.75) is 60.1 Å². The minimum atomic E-state index is -1.07. The first-order valence-electron chi connectivity index (χ1n) is 10.3. The molecule has 0 spiro atoms. The Kier molecular flexibility index (Phi) is 7.91. The van der Waals surface area contributed by atoms with E-state index in [1.807, 2.05) is 30.3 Å². The van der Waals surface area contributed by atoms with Crippen LogP contribution in [0.15, 0.2) is 30.3 Å². The molecule has 1 amide bonds. The Balaban J connectivity index is 2.08. The Bertz CT molecular complexity index is 975. The number of aryl methyl sites for hydroxylation is 1. The van der Waals surface area contributed by atoms with E-state index in [1.54, 1.807) is 27.7 Å². The first kappa shape index (κ1) is 24.1. The van der Waals surface area contributed by atoms with Gasteiger partial charge in [-0.05, 0) is 44.7 Å². The number of ether oxygens (including phenoxy) is 1. The summed E-state index contributed by atoms with van der Waals surface area (Å²) in [6.07, 6.45) is -0.933. The quantitative estimate of drug-likeness (QED) is 0.473. The second-order valence-electron chi connectivity index (χ2n) is 8.08. The first-order chi connectivity index (χ1) is 14.5. The van der Waals surface area contributed by atoms with Crippen LogP contribution in [-0.4, -0.2) is 40.6 Å². The van der Waals surface area contributed by atoms with Gasteiger partial charge in [-0.1, -0.05) is 44.2 Å². The van der Waals surface area contributed by atoms with Crippen molar-refractivity contribution in [3.05, 3.63) is 58.4 Å². The highest BCUT2D eigenvalue weighted by Crippen LogP contribution is 2.21. The summed E-state index contributed by atoms with van der Waals surface area (Å²) in [5.74, 6) is -1.78. The number of H-pyrrole nitrogens is 1. The molecule has 1 aromatic carbocycles. The van der Waals surface area contributed by atoms with Crippen molar-refractivity contribution in [1.29, 1.82) is 0 Å². The number of hydrogen-bond acceptors (Lipinski definition) is 5. The lowest BCUT2D eigenvalue weighted by Crippen LogP contribution is -2.47. The third-order valence-electron chi connectivity index (χ3n) is 5.14. The van der Waals surface area contributed by atoms with Crippen molar-refractivity contribution in [1.82, 2.24) is 10.3 Å². The maximum Gasteiger partial charge on any atom is 0.329 e. The van der Waals surface area contributed by atoms with Gasteiger partial charge in [-0.25, -0.2) is 4.79 Å². The third kappa shape index (κ3) is 5.90. The van der Waals surface area contributed by atoms with Crippen molar-refractivity contribution in [3.63, 3.8) is 0 Å². The van der Waals surface area contributed by atoms with Crippen LogP contribution >= 0.6 is 0 Å². The molecule has 0 aliphatic rings. The molecule has 0 radical (unpaired) electrons. The summed E-state index contributed by atoms with van der Waals surface area (Å²) in [7, 11) is 0. The normalized spacial score (nSPS) is 12.9. The molecule has 0 saturated heterocycles. The van der Waals surface area contributed by atoms with Gasteiger partial charge in [0.1, 0.15) is 6.04 Å². The molecular weight excluding hydrogens is 396 g/mol. The molecule has 7 heteroatoms. The number of amides is 1. The number of carbonyl (C=O) groups is 4. The number of benzene rings is 1. The molecular formula is C24H30N2O5. The fourth-order valence-electron chi connectivity index (χ4n) is 3.53. The lowest BCUT2D eigenvalue weighted by atomic mass is 10.0. The molecule has 0 bridgehead atoms. The maximum atomic E-state index is 12.8. The van der Waals surface area contributed by atoms with Gasteiger partial charge in [0.05, 0.1) is 12.1 Å². The zero-order valence-electron chi connectivity index (χ0n) is 18.9. The SMILES string of the molecule is CC(=O)c1c(C)[nH]c(C(=O)[C@H](C)OC(=O)[C@@H](NC(=O)Cc2ccccc2)C(C)C)c1C. The molecule has 0 aliphatic carbocycles. The third-order valence-corrected chi connectivity index (χ3v) is 5.14. The Morgan fingerprint density at radius 1 is 1.03 bits per heavy atom. The van der Waals surface area contributed by atoms with E-state index in [9.17, 15) is 19.2 Å². The molecule has 0 unspecified atom stereocenters. The summed E-state index contributed by atoms with van der Waals surface area (Å²) >= 11 is 0. The molecule has 0 aliphatic heterocycles. The number of aromatic nitrogens is 1. The van der Waals surface area contributed by atoms with Crippen LogP contribution in [0.25, 0.3) is 0 Å². The number of carbonyl (C=O) groups excluding carboxylic acids is 4. The molecule has 31 heavy (non-hydrogen) atoms. The topological polar surface area (TPSA) is 105 Å². The fraction of sp³-hybridized carbons (Fsp3) is 0.417. The van der Waals surface area contributed by atoms with Crippen molar-refractivity contribution < 1.29 is 23.9 Å². The van der Waals surface area contributed by atoms with E-state index in [1.165, 1.54) is 13.8 Å². The van der Waals surface area contributed by atoms with Gasteiger partial charge in [0.15, 0.2) is 11.9 Å². The second kappa shape index (κ2) is 10.2. The van der Waals surface area contributed by atoms with Crippen molar-refractivity contribution in [2.75, 3.05) is 0 Å². The Morgan fingerprint density at radius 3 is 2.16 bits per heavy atom. The van der Waals surface area contributed by atoms with Crippen molar-refractivity contribution >= 4 is 23.4 Å². The summed E-state index contributed by atoms with van der Waals surface area (Å²) in [5.41, 5.74) is 2.68. The highest BCUT2D eigenvalue weighted by molar-refractivity contribution is 6.05. The molecule has 1 aromatic heterocycles. The standard InChI is InChI=1S/C24H30N2O5/c1-13(2)21(26-19(28)12-18-10-8-7-9-11-18)24(30)31-17(6)23(29)22-14(3)20(16(5)27)15(4)25-22/h7-11,13,17,21,25H,12H2,1-6H3,(H,26,28)/t17-,21-/m0/s1. The lowest BCUT2D eigenvalue weighted by molar-refractivity contribution is -0.151. The first-order valence-corrected chi connectivity index (χ1v) is 10.3. The van der Waals surface area contributed by atoms with Crippen LogP contribution in [0.3, 0.4) is 0 Å². The van der Waals surface area contributed by atoms with Gasteiger partial charge in [-0.15, -0.1) is 0 Å². The predicted octanol–water partition coefficient (Wildman–Crippen LogP) is 3.33.